The summed E-state index contributed by atoms with van der Waals surface area (Å²) in [6, 6.07) is 7.64. The van der Waals surface area contributed by atoms with Crippen molar-refractivity contribution in [1.29, 1.82) is 0 Å². The predicted molar refractivity (Wildman–Crippen MR) is 70.1 cm³/mol. The number of carbonyl (C=O) groups excluding carboxylic acids is 1. The van der Waals surface area contributed by atoms with Crippen molar-refractivity contribution in [3.05, 3.63) is 24.3 Å². The lowest BCUT2D eigenvalue weighted by molar-refractivity contribution is -0.121. The first kappa shape index (κ1) is 12.9. The minimum Gasteiger partial charge on any atom is -0.494 e. The highest BCUT2D eigenvalue weighted by Crippen LogP contribution is 2.25. The second kappa shape index (κ2) is 6.43. The van der Waals surface area contributed by atoms with E-state index in [-0.39, 0.29) is 5.92 Å². The number of ether oxygens (including phenoxy) is 2. The van der Waals surface area contributed by atoms with E-state index in [2.05, 4.69) is 0 Å². The highest BCUT2D eigenvalue weighted by molar-refractivity contribution is 5.82. The summed E-state index contributed by atoms with van der Waals surface area (Å²) < 4.78 is 11.1. The van der Waals surface area contributed by atoms with Gasteiger partial charge in [-0.3, -0.25) is 4.79 Å². The summed E-state index contributed by atoms with van der Waals surface area (Å²) in [5, 5.41) is 0. The first-order valence-electron chi connectivity index (χ1n) is 6.68. The second-order valence-electron chi connectivity index (χ2n) is 4.60. The number of hydrogen-bond acceptors (Lipinski definition) is 3. The number of ketones is 1. The van der Waals surface area contributed by atoms with Crippen molar-refractivity contribution in [2.75, 3.05) is 13.2 Å². The van der Waals surface area contributed by atoms with E-state index in [1.54, 1.807) is 0 Å². The van der Waals surface area contributed by atoms with Crippen LogP contribution < -0.4 is 9.47 Å². The number of carbonyl (C=O) groups is 1. The van der Waals surface area contributed by atoms with Crippen molar-refractivity contribution in [3.63, 3.8) is 0 Å². The molecule has 0 heterocycles. The number of Topliss-reactive ketones (excluding diaryl/α,β-unsaturated/α-hetero) is 1. The van der Waals surface area contributed by atoms with Gasteiger partial charge < -0.3 is 9.47 Å². The summed E-state index contributed by atoms with van der Waals surface area (Å²) in [5.74, 6) is 2.26. The molecule has 18 heavy (non-hydrogen) atoms. The predicted octanol–water partition coefficient (Wildman–Crippen LogP) is 3.22. The molecule has 0 aliphatic heterocycles. The Morgan fingerprint density at radius 2 is 2.06 bits per heavy atom. The number of benzene rings is 1. The first-order chi connectivity index (χ1) is 8.79. The Labute approximate surface area is 108 Å². The lowest BCUT2D eigenvalue weighted by Gasteiger charge is -2.10. The highest BCUT2D eigenvalue weighted by Gasteiger charge is 2.23. The Bertz CT molecular complexity index is 400. The van der Waals surface area contributed by atoms with E-state index in [0.717, 1.165) is 37.2 Å². The Balaban J connectivity index is 1.79. The van der Waals surface area contributed by atoms with Crippen LogP contribution in [0, 0.1) is 5.92 Å². The minimum absolute atomic E-state index is 0.222. The molecule has 98 valence electrons. The fraction of sp³-hybridized carbons (Fsp3) is 0.533. The maximum atomic E-state index is 11.5. The van der Waals surface area contributed by atoms with Crippen molar-refractivity contribution in [2.24, 2.45) is 5.92 Å². The normalized spacial score (nSPS) is 18.9. The Morgan fingerprint density at radius 3 is 2.72 bits per heavy atom. The van der Waals surface area contributed by atoms with E-state index in [1.165, 1.54) is 0 Å². The van der Waals surface area contributed by atoms with Crippen molar-refractivity contribution in [1.82, 2.24) is 0 Å². The Morgan fingerprint density at radius 1 is 1.28 bits per heavy atom. The summed E-state index contributed by atoms with van der Waals surface area (Å²) in [6.45, 7) is 3.21. The zero-order valence-electron chi connectivity index (χ0n) is 10.9. The van der Waals surface area contributed by atoms with Gasteiger partial charge >= 0.3 is 0 Å². The monoisotopic (exact) mass is 248 g/mol. The molecule has 1 unspecified atom stereocenters. The first-order valence-corrected chi connectivity index (χ1v) is 6.68. The van der Waals surface area contributed by atoms with Crippen LogP contribution in [0.1, 0.15) is 32.6 Å². The van der Waals surface area contributed by atoms with Crippen LogP contribution in [0.25, 0.3) is 0 Å². The molecule has 1 aliphatic carbocycles. The van der Waals surface area contributed by atoms with Gasteiger partial charge in [0.1, 0.15) is 17.3 Å². The molecule has 3 heteroatoms. The maximum Gasteiger partial charge on any atom is 0.136 e. The van der Waals surface area contributed by atoms with Crippen LogP contribution in [0.5, 0.6) is 11.5 Å². The smallest absolute Gasteiger partial charge is 0.136 e. The van der Waals surface area contributed by atoms with Crippen molar-refractivity contribution in [2.45, 2.75) is 32.6 Å². The lowest BCUT2D eigenvalue weighted by atomic mass is 10.0. The van der Waals surface area contributed by atoms with Crippen LogP contribution in [0.2, 0.25) is 0 Å². The zero-order chi connectivity index (χ0) is 12.8. The molecule has 1 aromatic rings. The molecule has 1 atom stereocenters. The number of rotatable bonds is 6. The summed E-state index contributed by atoms with van der Waals surface area (Å²) >= 11 is 0. The average Bonchev–Trinajstić information content (AvgIpc) is 2.76. The van der Waals surface area contributed by atoms with Gasteiger partial charge in [0.15, 0.2) is 0 Å². The van der Waals surface area contributed by atoms with Crippen LogP contribution in [-0.2, 0) is 4.79 Å². The average molecular weight is 248 g/mol. The van der Waals surface area contributed by atoms with Gasteiger partial charge in [-0.2, -0.15) is 0 Å². The quantitative estimate of drug-likeness (QED) is 0.775. The Kier molecular flexibility index (Phi) is 4.62. The topological polar surface area (TPSA) is 35.5 Å². The van der Waals surface area contributed by atoms with Crippen LogP contribution >= 0.6 is 0 Å². The van der Waals surface area contributed by atoms with Crippen molar-refractivity contribution in [3.8, 4) is 11.5 Å². The molecule has 0 amide bonds. The summed E-state index contributed by atoms with van der Waals surface area (Å²) in [4.78, 5) is 11.5. The Hall–Kier alpha value is -1.51. The van der Waals surface area contributed by atoms with Crippen LogP contribution in [0.3, 0.4) is 0 Å². The van der Waals surface area contributed by atoms with Gasteiger partial charge in [-0.25, -0.2) is 0 Å². The van der Waals surface area contributed by atoms with Gasteiger partial charge in [-0.05, 0) is 38.3 Å². The van der Waals surface area contributed by atoms with Gasteiger partial charge in [0.2, 0.25) is 0 Å². The summed E-state index contributed by atoms with van der Waals surface area (Å²) in [7, 11) is 0. The van der Waals surface area contributed by atoms with E-state index >= 15 is 0 Å². The zero-order valence-corrected chi connectivity index (χ0v) is 10.9. The van der Waals surface area contributed by atoms with E-state index in [9.17, 15) is 4.79 Å². The molecule has 2 rings (SSSR count). The second-order valence-corrected chi connectivity index (χ2v) is 4.60. The van der Waals surface area contributed by atoms with Crippen molar-refractivity contribution >= 4 is 5.78 Å². The van der Waals surface area contributed by atoms with Crippen LogP contribution in [-0.4, -0.2) is 19.0 Å². The molecular formula is C15H20O3. The molecule has 0 radical (unpaired) electrons. The van der Waals surface area contributed by atoms with E-state index < -0.39 is 0 Å². The van der Waals surface area contributed by atoms with E-state index in [4.69, 9.17) is 9.47 Å². The molecular weight excluding hydrogens is 228 g/mol. The highest BCUT2D eigenvalue weighted by atomic mass is 16.5. The van der Waals surface area contributed by atoms with Gasteiger partial charge in [-0.15, -0.1) is 0 Å². The molecule has 1 saturated carbocycles. The number of hydrogen-bond donors (Lipinski definition) is 0. The standard InChI is InChI=1S/C15H20O3/c1-2-17-13-6-4-7-14(11-13)18-10-9-12-5-3-8-15(12)16/h4,6-7,11-12H,2-3,5,8-10H2,1H3. The summed E-state index contributed by atoms with van der Waals surface area (Å²) in [6.07, 6.45) is 3.66. The van der Waals surface area contributed by atoms with Crippen molar-refractivity contribution < 1.29 is 14.3 Å². The maximum absolute atomic E-state index is 11.5. The van der Waals surface area contributed by atoms with Gasteiger partial charge in [0.05, 0.1) is 13.2 Å². The van der Waals surface area contributed by atoms with Gasteiger partial charge in [-0.1, -0.05) is 6.07 Å². The molecule has 1 aliphatic rings. The molecule has 0 aromatic heterocycles. The van der Waals surface area contributed by atoms with Crippen LogP contribution in [0.15, 0.2) is 24.3 Å². The minimum atomic E-state index is 0.222. The summed E-state index contributed by atoms with van der Waals surface area (Å²) in [5.41, 5.74) is 0. The molecule has 0 saturated heterocycles. The fourth-order valence-electron chi connectivity index (χ4n) is 2.33. The van der Waals surface area contributed by atoms with Gasteiger partial charge in [0.25, 0.3) is 0 Å². The van der Waals surface area contributed by atoms with E-state index in [1.807, 2.05) is 31.2 Å². The molecule has 0 spiro atoms. The molecule has 1 fully saturated rings. The van der Waals surface area contributed by atoms with Gasteiger partial charge in [0, 0.05) is 18.4 Å². The molecule has 0 bridgehead atoms. The molecule has 1 aromatic carbocycles. The third-order valence-electron chi connectivity index (χ3n) is 3.28. The largest absolute Gasteiger partial charge is 0.494 e. The lowest BCUT2D eigenvalue weighted by Crippen LogP contribution is -2.11. The third-order valence-corrected chi connectivity index (χ3v) is 3.28. The fourth-order valence-corrected chi connectivity index (χ4v) is 2.33. The molecule has 3 nitrogen and oxygen atoms in total. The van der Waals surface area contributed by atoms with Crippen LogP contribution in [0.4, 0.5) is 0 Å². The van der Waals surface area contributed by atoms with E-state index in [0.29, 0.717) is 19.0 Å². The third kappa shape index (κ3) is 3.49. The molecule has 0 N–H and O–H groups in total. The SMILES string of the molecule is CCOc1cccc(OCCC2CCCC2=O)c1.